The van der Waals surface area contributed by atoms with Crippen LogP contribution in [0.5, 0.6) is 0 Å². The zero-order valence-electron chi connectivity index (χ0n) is 12.6. The van der Waals surface area contributed by atoms with Gasteiger partial charge in [0.15, 0.2) is 5.69 Å². The fraction of sp³-hybridized carbons (Fsp3) is 0.111. The van der Waals surface area contributed by atoms with Crippen molar-refractivity contribution >= 4 is 17.6 Å². The smallest absolute Gasteiger partial charge is 0.357 e. The SMILES string of the molecule is CCOC(=O)c1cc(-c2ccc(Cl)cc2)nn1-c1ccccc1. The quantitative estimate of drug-likeness (QED) is 0.669. The number of para-hydroxylation sites is 1. The van der Waals surface area contributed by atoms with Gasteiger partial charge in [-0.25, -0.2) is 9.48 Å². The van der Waals surface area contributed by atoms with Gasteiger partial charge in [0.05, 0.1) is 18.0 Å². The summed E-state index contributed by atoms with van der Waals surface area (Å²) in [5, 5.41) is 5.21. The van der Waals surface area contributed by atoms with Gasteiger partial charge in [-0.3, -0.25) is 0 Å². The molecule has 0 fully saturated rings. The van der Waals surface area contributed by atoms with Crippen LogP contribution in [0.4, 0.5) is 0 Å². The van der Waals surface area contributed by atoms with Gasteiger partial charge in [-0.05, 0) is 37.3 Å². The van der Waals surface area contributed by atoms with Crippen molar-refractivity contribution in [1.29, 1.82) is 0 Å². The van der Waals surface area contributed by atoms with Crippen molar-refractivity contribution in [3.05, 3.63) is 71.4 Å². The zero-order chi connectivity index (χ0) is 16.2. The van der Waals surface area contributed by atoms with Crippen molar-refractivity contribution in [1.82, 2.24) is 9.78 Å². The number of benzene rings is 2. The largest absolute Gasteiger partial charge is 0.461 e. The second-order valence-electron chi connectivity index (χ2n) is 4.89. The Bertz CT molecular complexity index is 811. The molecule has 0 amide bonds. The number of aromatic nitrogens is 2. The van der Waals surface area contributed by atoms with Gasteiger partial charge in [-0.15, -0.1) is 0 Å². The first-order valence-corrected chi connectivity index (χ1v) is 7.65. The van der Waals surface area contributed by atoms with E-state index in [9.17, 15) is 4.79 Å². The molecule has 116 valence electrons. The topological polar surface area (TPSA) is 44.1 Å². The number of carbonyl (C=O) groups excluding carboxylic acids is 1. The van der Waals surface area contributed by atoms with Crippen molar-refractivity contribution in [3.63, 3.8) is 0 Å². The van der Waals surface area contributed by atoms with E-state index in [1.165, 1.54) is 0 Å². The lowest BCUT2D eigenvalue weighted by atomic mass is 10.1. The lowest BCUT2D eigenvalue weighted by Crippen LogP contribution is -2.11. The zero-order valence-corrected chi connectivity index (χ0v) is 13.3. The minimum absolute atomic E-state index is 0.315. The molecule has 1 aromatic heterocycles. The van der Waals surface area contributed by atoms with Crippen LogP contribution in [0.25, 0.3) is 16.9 Å². The molecule has 0 radical (unpaired) electrons. The summed E-state index contributed by atoms with van der Waals surface area (Å²) in [5.74, 6) is -0.399. The van der Waals surface area contributed by atoms with Crippen LogP contribution in [0, 0.1) is 0 Å². The Labute approximate surface area is 139 Å². The van der Waals surface area contributed by atoms with Crippen LogP contribution in [0.3, 0.4) is 0 Å². The van der Waals surface area contributed by atoms with Gasteiger partial charge in [0, 0.05) is 10.6 Å². The average molecular weight is 327 g/mol. The molecule has 0 bridgehead atoms. The number of esters is 1. The van der Waals surface area contributed by atoms with Crippen LogP contribution in [0.15, 0.2) is 60.7 Å². The molecular formula is C18H15ClN2O2. The maximum atomic E-state index is 12.2. The van der Waals surface area contributed by atoms with E-state index in [1.807, 2.05) is 42.5 Å². The van der Waals surface area contributed by atoms with E-state index in [-0.39, 0.29) is 0 Å². The van der Waals surface area contributed by atoms with E-state index >= 15 is 0 Å². The molecular weight excluding hydrogens is 312 g/mol. The van der Waals surface area contributed by atoms with E-state index in [0.717, 1.165) is 11.3 Å². The predicted molar refractivity (Wildman–Crippen MR) is 90.0 cm³/mol. The highest BCUT2D eigenvalue weighted by molar-refractivity contribution is 6.30. The number of nitrogens with zero attached hydrogens (tertiary/aromatic N) is 2. The minimum Gasteiger partial charge on any atom is -0.461 e. The third-order valence-electron chi connectivity index (χ3n) is 3.33. The summed E-state index contributed by atoms with van der Waals surface area (Å²) in [4.78, 5) is 12.2. The molecule has 0 saturated heterocycles. The fourth-order valence-corrected chi connectivity index (χ4v) is 2.39. The van der Waals surface area contributed by atoms with Gasteiger partial charge in [0.25, 0.3) is 0 Å². The van der Waals surface area contributed by atoms with Crippen molar-refractivity contribution in [3.8, 4) is 16.9 Å². The van der Waals surface area contributed by atoms with Gasteiger partial charge in [0.2, 0.25) is 0 Å². The molecule has 1 heterocycles. The maximum absolute atomic E-state index is 12.2. The number of halogens is 1. The van der Waals surface area contributed by atoms with Gasteiger partial charge < -0.3 is 4.74 Å². The van der Waals surface area contributed by atoms with E-state index in [4.69, 9.17) is 16.3 Å². The summed E-state index contributed by atoms with van der Waals surface area (Å²) in [5.41, 5.74) is 2.77. The molecule has 0 saturated carbocycles. The van der Waals surface area contributed by atoms with Crippen molar-refractivity contribution < 1.29 is 9.53 Å². The first-order valence-electron chi connectivity index (χ1n) is 7.27. The molecule has 23 heavy (non-hydrogen) atoms. The first-order chi connectivity index (χ1) is 11.2. The minimum atomic E-state index is -0.399. The highest BCUT2D eigenvalue weighted by Crippen LogP contribution is 2.23. The summed E-state index contributed by atoms with van der Waals surface area (Å²) in [6.45, 7) is 2.09. The van der Waals surface area contributed by atoms with Gasteiger partial charge >= 0.3 is 5.97 Å². The molecule has 0 aliphatic rings. The number of carbonyl (C=O) groups is 1. The molecule has 0 atom stereocenters. The average Bonchev–Trinajstić information content (AvgIpc) is 3.02. The Morgan fingerprint density at radius 3 is 2.48 bits per heavy atom. The van der Waals surface area contributed by atoms with Crippen LogP contribution < -0.4 is 0 Å². The van der Waals surface area contributed by atoms with Crippen LogP contribution in [0.1, 0.15) is 17.4 Å². The maximum Gasteiger partial charge on any atom is 0.357 e. The van der Waals surface area contributed by atoms with Crippen molar-refractivity contribution in [2.75, 3.05) is 6.61 Å². The van der Waals surface area contributed by atoms with Crippen LogP contribution in [-0.4, -0.2) is 22.4 Å². The summed E-state index contributed by atoms with van der Waals surface area (Å²) in [7, 11) is 0. The Morgan fingerprint density at radius 1 is 1.13 bits per heavy atom. The number of hydrogen-bond donors (Lipinski definition) is 0. The highest BCUT2D eigenvalue weighted by Gasteiger charge is 2.18. The third kappa shape index (κ3) is 3.27. The van der Waals surface area contributed by atoms with Gasteiger partial charge in [-0.1, -0.05) is 41.9 Å². The molecule has 0 aliphatic carbocycles. The Kier molecular flexibility index (Phi) is 4.44. The lowest BCUT2D eigenvalue weighted by Gasteiger charge is -2.06. The first kappa shape index (κ1) is 15.3. The van der Waals surface area contributed by atoms with Gasteiger partial charge in [-0.2, -0.15) is 5.10 Å². The molecule has 3 aromatic rings. The summed E-state index contributed by atoms with van der Waals surface area (Å²) >= 11 is 5.92. The summed E-state index contributed by atoms with van der Waals surface area (Å²) in [6.07, 6.45) is 0. The molecule has 0 spiro atoms. The standard InChI is InChI=1S/C18H15ClN2O2/c1-2-23-18(22)17-12-16(13-8-10-14(19)11-9-13)20-21(17)15-6-4-3-5-7-15/h3-12H,2H2,1H3. The highest BCUT2D eigenvalue weighted by atomic mass is 35.5. The molecule has 2 aromatic carbocycles. The molecule has 0 aliphatic heterocycles. The van der Waals surface area contributed by atoms with Crippen LogP contribution >= 0.6 is 11.6 Å². The normalized spacial score (nSPS) is 10.5. The molecule has 0 unspecified atom stereocenters. The second kappa shape index (κ2) is 6.67. The van der Waals surface area contributed by atoms with Crippen LogP contribution in [-0.2, 0) is 4.74 Å². The Balaban J connectivity index is 2.10. The number of ether oxygens (including phenoxy) is 1. The summed E-state index contributed by atoms with van der Waals surface area (Å²) < 4.78 is 6.74. The number of rotatable bonds is 4. The monoisotopic (exact) mass is 326 g/mol. The summed E-state index contributed by atoms with van der Waals surface area (Å²) in [6, 6.07) is 18.5. The molecule has 3 rings (SSSR count). The van der Waals surface area contributed by atoms with E-state index < -0.39 is 5.97 Å². The molecule has 4 nitrogen and oxygen atoms in total. The Morgan fingerprint density at radius 2 is 1.83 bits per heavy atom. The fourth-order valence-electron chi connectivity index (χ4n) is 2.26. The van der Waals surface area contributed by atoms with E-state index in [1.54, 1.807) is 29.8 Å². The van der Waals surface area contributed by atoms with Gasteiger partial charge in [0.1, 0.15) is 0 Å². The molecule has 0 N–H and O–H groups in total. The molecule has 5 heteroatoms. The van der Waals surface area contributed by atoms with E-state index in [2.05, 4.69) is 5.10 Å². The Hall–Kier alpha value is -2.59. The third-order valence-corrected chi connectivity index (χ3v) is 3.59. The lowest BCUT2D eigenvalue weighted by molar-refractivity contribution is 0.0516. The van der Waals surface area contributed by atoms with E-state index in [0.29, 0.717) is 23.0 Å². The van der Waals surface area contributed by atoms with Crippen molar-refractivity contribution in [2.45, 2.75) is 6.92 Å². The van der Waals surface area contributed by atoms with Crippen molar-refractivity contribution in [2.24, 2.45) is 0 Å². The number of hydrogen-bond acceptors (Lipinski definition) is 3. The predicted octanol–water partition coefficient (Wildman–Crippen LogP) is 4.37. The second-order valence-corrected chi connectivity index (χ2v) is 5.33. The van der Waals surface area contributed by atoms with Crippen LogP contribution in [0.2, 0.25) is 5.02 Å².